The third-order valence-corrected chi connectivity index (χ3v) is 4.81. The van der Waals surface area contributed by atoms with Crippen LogP contribution in [0.5, 0.6) is 0 Å². The van der Waals surface area contributed by atoms with Gasteiger partial charge in [0.1, 0.15) is 5.82 Å². The summed E-state index contributed by atoms with van der Waals surface area (Å²) in [7, 11) is 0. The molecule has 27 heavy (non-hydrogen) atoms. The highest BCUT2D eigenvalue weighted by Crippen LogP contribution is 2.43. The standard InChI is InChI=1S/C17H25ClFN3O5/c1-2-3-4-5-6-7-12(24)26-14-13(19)15(27-17(14,18)10-23)22-9-8-11(20)21-16(22)25/h8-9,13-15,23H,2-7,10H2,1H3,(H2,20,21,25)/t13-,14+,15-,17-/m1/s1. The molecule has 1 fully saturated rings. The van der Waals surface area contributed by atoms with E-state index in [0.29, 0.717) is 6.42 Å². The number of nitrogens with two attached hydrogens (primary N) is 1. The number of unbranched alkanes of at least 4 members (excludes halogenated alkanes) is 4. The van der Waals surface area contributed by atoms with Crippen molar-refractivity contribution in [2.75, 3.05) is 12.3 Å². The van der Waals surface area contributed by atoms with Gasteiger partial charge in [-0.3, -0.25) is 9.36 Å². The Morgan fingerprint density at radius 3 is 2.81 bits per heavy atom. The molecule has 0 radical (unpaired) electrons. The van der Waals surface area contributed by atoms with Gasteiger partial charge < -0.3 is 20.3 Å². The van der Waals surface area contributed by atoms with Crippen LogP contribution in [0.25, 0.3) is 0 Å². The van der Waals surface area contributed by atoms with E-state index in [-0.39, 0.29) is 12.2 Å². The van der Waals surface area contributed by atoms with Crippen LogP contribution in [0.4, 0.5) is 10.2 Å². The van der Waals surface area contributed by atoms with E-state index >= 15 is 0 Å². The Labute approximate surface area is 161 Å². The molecule has 4 atom stereocenters. The van der Waals surface area contributed by atoms with Gasteiger partial charge in [0.05, 0.1) is 6.61 Å². The average molecular weight is 406 g/mol. The summed E-state index contributed by atoms with van der Waals surface area (Å²) in [4.78, 5) is 27.5. The molecule has 2 rings (SSSR count). The zero-order valence-electron chi connectivity index (χ0n) is 15.1. The van der Waals surface area contributed by atoms with Gasteiger partial charge in [0.15, 0.2) is 18.5 Å². The zero-order chi connectivity index (χ0) is 20.0. The van der Waals surface area contributed by atoms with Crippen molar-refractivity contribution < 1.29 is 23.8 Å². The SMILES string of the molecule is CCCCCCCC(=O)O[C@H]1[C@@H](F)[C@H](n2ccc(N)nc2=O)O[C@]1(Cl)CO. The number of aromatic nitrogens is 2. The van der Waals surface area contributed by atoms with Crippen LogP contribution in [-0.4, -0.2) is 44.6 Å². The first-order valence-electron chi connectivity index (χ1n) is 8.98. The highest BCUT2D eigenvalue weighted by molar-refractivity contribution is 6.23. The van der Waals surface area contributed by atoms with Crippen molar-refractivity contribution in [1.29, 1.82) is 0 Å². The van der Waals surface area contributed by atoms with Crippen LogP contribution in [-0.2, 0) is 14.3 Å². The number of aliphatic hydroxyl groups is 1. The Morgan fingerprint density at radius 1 is 1.48 bits per heavy atom. The fourth-order valence-electron chi connectivity index (χ4n) is 2.90. The molecule has 2 heterocycles. The molecule has 152 valence electrons. The van der Waals surface area contributed by atoms with Crippen molar-refractivity contribution in [3.8, 4) is 0 Å². The van der Waals surface area contributed by atoms with Crippen molar-refractivity contribution in [3.63, 3.8) is 0 Å². The molecule has 1 saturated heterocycles. The maximum absolute atomic E-state index is 14.9. The number of nitrogen functional groups attached to an aromatic ring is 1. The second-order valence-corrected chi connectivity index (χ2v) is 7.15. The fraction of sp³-hybridized carbons (Fsp3) is 0.706. The largest absolute Gasteiger partial charge is 0.454 e. The van der Waals surface area contributed by atoms with E-state index in [1.165, 1.54) is 12.3 Å². The van der Waals surface area contributed by atoms with Gasteiger partial charge in [-0.1, -0.05) is 44.2 Å². The number of alkyl halides is 2. The minimum atomic E-state index is -2.00. The Bertz CT molecular complexity index is 703. The van der Waals surface area contributed by atoms with Gasteiger partial charge in [-0.05, 0) is 12.5 Å². The number of hydrogen-bond acceptors (Lipinski definition) is 7. The molecule has 0 unspecified atom stereocenters. The van der Waals surface area contributed by atoms with Crippen molar-refractivity contribution in [2.45, 2.75) is 69.0 Å². The molecule has 0 amide bonds. The topological polar surface area (TPSA) is 117 Å². The molecule has 0 bridgehead atoms. The summed E-state index contributed by atoms with van der Waals surface area (Å²) in [6, 6.07) is 1.29. The van der Waals surface area contributed by atoms with Gasteiger partial charge in [0.2, 0.25) is 5.06 Å². The van der Waals surface area contributed by atoms with Gasteiger partial charge in [-0.2, -0.15) is 4.98 Å². The van der Waals surface area contributed by atoms with E-state index in [4.69, 9.17) is 26.8 Å². The lowest BCUT2D eigenvalue weighted by Gasteiger charge is -2.25. The smallest absolute Gasteiger partial charge is 0.351 e. The van der Waals surface area contributed by atoms with Crippen LogP contribution < -0.4 is 11.4 Å². The lowest BCUT2D eigenvalue weighted by Crippen LogP contribution is -2.43. The Hall–Kier alpha value is -1.71. The molecular formula is C17H25ClFN3O5. The van der Waals surface area contributed by atoms with Crippen LogP contribution in [0.3, 0.4) is 0 Å². The van der Waals surface area contributed by atoms with Crippen molar-refractivity contribution >= 4 is 23.4 Å². The predicted molar refractivity (Wildman–Crippen MR) is 96.9 cm³/mol. The third kappa shape index (κ3) is 5.18. The number of carbonyl (C=O) groups is 1. The third-order valence-electron chi connectivity index (χ3n) is 4.39. The van der Waals surface area contributed by atoms with Crippen LogP contribution in [0.2, 0.25) is 0 Å². The zero-order valence-corrected chi connectivity index (χ0v) is 15.9. The molecular weight excluding hydrogens is 381 g/mol. The molecule has 1 aliphatic rings. The molecule has 8 nitrogen and oxygen atoms in total. The minimum absolute atomic E-state index is 0.0324. The first-order chi connectivity index (χ1) is 12.8. The summed E-state index contributed by atoms with van der Waals surface area (Å²) in [6.45, 7) is 1.28. The lowest BCUT2D eigenvalue weighted by atomic mass is 10.1. The first-order valence-corrected chi connectivity index (χ1v) is 9.36. The average Bonchev–Trinajstić information content (AvgIpc) is 2.87. The van der Waals surface area contributed by atoms with Gasteiger partial charge in [0.25, 0.3) is 0 Å². The minimum Gasteiger partial charge on any atom is -0.454 e. The maximum Gasteiger partial charge on any atom is 0.351 e. The summed E-state index contributed by atoms with van der Waals surface area (Å²) in [5, 5.41) is 7.54. The van der Waals surface area contributed by atoms with E-state index in [1.807, 2.05) is 0 Å². The number of esters is 1. The maximum atomic E-state index is 14.9. The van der Waals surface area contributed by atoms with Crippen molar-refractivity contribution in [2.24, 2.45) is 0 Å². The molecule has 0 saturated carbocycles. The van der Waals surface area contributed by atoms with Crippen LogP contribution in [0.1, 0.15) is 51.7 Å². The lowest BCUT2D eigenvalue weighted by molar-refractivity contribution is -0.158. The molecule has 0 aromatic carbocycles. The Morgan fingerprint density at radius 2 is 2.19 bits per heavy atom. The van der Waals surface area contributed by atoms with Gasteiger partial charge >= 0.3 is 11.7 Å². The highest BCUT2D eigenvalue weighted by Gasteiger charge is 2.58. The Balaban J connectivity index is 2.06. The van der Waals surface area contributed by atoms with Gasteiger partial charge in [-0.25, -0.2) is 9.18 Å². The fourth-order valence-corrected chi connectivity index (χ4v) is 3.16. The molecule has 10 heteroatoms. The normalized spacial score (nSPS) is 27.6. The second-order valence-electron chi connectivity index (χ2n) is 6.51. The molecule has 1 aromatic rings. The molecule has 0 spiro atoms. The number of hydrogen-bond donors (Lipinski definition) is 2. The quantitative estimate of drug-likeness (QED) is 0.366. The van der Waals surface area contributed by atoms with E-state index in [2.05, 4.69) is 11.9 Å². The molecule has 1 aliphatic heterocycles. The summed E-state index contributed by atoms with van der Waals surface area (Å²) < 4.78 is 26.3. The van der Waals surface area contributed by atoms with Crippen molar-refractivity contribution in [3.05, 3.63) is 22.7 Å². The predicted octanol–water partition coefficient (Wildman–Crippen LogP) is 1.89. The summed E-state index contributed by atoms with van der Waals surface area (Å²) >= 11 is 6.14. The monoisotopic (exact) mass is 405 g/mol. The number of rotatable bonds is 9. The van der Waals surface area contributed by atoms with E-state index in [9.17, 15) is 19.1 Å². The second kappa shape index (κ2) is 9.48. The summed E-state index contributed by atoms with van der Waals surface area (Å²) in [5.74, 6) is -0.667. The van der Waals surface area contributed by atoms with Crippen LogP contribution in [0, 0.1) is 0 Å². The Kier molecular flexibility index (Phi) is 7.58. The molecule has 1 aromatic heterocycles. The van der Waals surface area contributed by atoms with E-state index in [1.54, 1.807) is 0 Å². The molecule has 3 N–H and O–H groups in total. The van der Waals surface area contributed by atoms with Crippen LogP contribution in [0.15, 0.2) is 17.1 Å². The summed E-state index contributed by atoms with van der Waals surface area (Å²) in [5.41, 5.74) is 4.57. The number of nitrogens with zero attached hydrogens (tertiary/aromatic N) is 2. The number of carbonyl (C=O) groups excluding carboxylic acids is 1. The highest BCUT2D eigenvalue weighted by atomic mass is 35.5. The number of ether oxygens (including phenoxy) is 2. The van der Waals surface area contributed by atoms with E-state index in [0.717, 1.165) is 30.3 Å². The first kappa shape index (κ1) is 21.6. The summed E-state index contributed by atoms with van der Waals surface area (Å²) in [6.07, 6.45) is 0.925. The van der Waals surface area contributed by atoms with Crippen LogP contribution >= 0.6 is 11.6 Å². The number of halogens is 2. The van der Waals surface area contributed by atoms with Gasteiger partial charge in [0, 0.05) is 12.6 Å². The molecule has 0 aliphatic carbocycles. The van der Waals surface area contributed by atoms with Crippen molar-refractivity contribution in [1.82, 2.24) is 9.55 Å². The van der Waals surface area contributed by atoms with E-state index < -0.39 is 41.8 Å². The number of anilines is 1. The van der Waals surface area contributed by atoms with Gasteiger partial charge in [-0.15, -0.1) is 0 Å². The number of aliphatic hydroxyl groups excluding tert-OH is 1.